The molecule has 0 aliphatic carbocycles. The summed E-state index contributed by atoms with van der Waals surface area (Å²) in [5.41, 5.74) is 1.59. The first-order chi connectivity index (χ1) is 11.8. The first-order valence-corrected chi connectivity index (χ1v) is 8.06. The molecule has 0 radical (unpaired) electrons. The molecule has 2 aromatic rings. The molecule has 0 aliphatic heterocycles. The number of carbonyl (C=O) groups is 2. The van der Waals surface area contributed by atoms with E-state index in [0.29, 0.717) is 17.2 Å². The van der Waals surface area contributed by atoms with Gasteiger partial charge in [-0.1, -0.05) is 39.0 Å². The van der Waals surface area contributed by atoms with E-state index in [1.807, 2.05) is 24.3 Å². The van der Waals surface area contributed by atoms with Crippen LogP contribution in [0.3, 0.4) is 0 Å². The van der Waals surface area contributed by atoms with Gasteiger partial charge in [0.05, 0.1) is 0 Å². The van der Waals surface area contributed by atoms with Crippen molar-refractivity contribution in [1.82, 2.24) is 0 Å². The van der Waals surface area contributed by atoms with Gasteiger partial charge in [0.25, 0.3) is 0 Å². The zero-order valence-electron chi connectivity index (χ0n) is 15.0. The molecule has 25 heavy (non-hydrogen) atoms. The molecular formula is C20H23NO4. The molecule has 0 saturated heterocycles. The predicted octanol–water partition coefficient (Wildman–Crippen LogP) is 3.93. The number of hydrogen-bond donors (Lipinski definition) is 1. The van der Waals surface area contributed by atoms with Gasteiger partial charge in [-0.3, -0.25) is 4.79 Å². The number of carbonyl (C=O) groups excluding carboxylic acids is 2. The Morgan fingerprint density at radius 2 is 1.64 bits per heavy atom. The summed E-state index contributed by atoms with van der Waals surface area (Å²) in [6.07, 6.45) is 0. The summed E-state index contributed by atoms with van der Waals surface area (Å²) >= 11 is 0. The van der Waals surface area contributed by atoms with E-state index in [1.54, 1.807) is 24.3 Å². The SMILES string of the molecule is CC(=O)Nc1ccc(OC(=O)COc2ccccc2C(C)(C)C)cc1. The first-order valence-electron chi connectivity index (χ1n) is 8.06. The lowest BCUT2D eigenvalue weighted by Gasteiger charge is -2.22. The molecule has 5 nitrogen and oxygen atoms in total. The molecule has 0 bridgehead atoms. The van der Waals surface area contributed by atoms with E-state index in [1.165, 1.54) is 6.92 Å². The molecule has 1 N–H and O–H groups in total. The van der Waals surface area contributed by atoms with E-state index in [2.05, 4.69) is 26.1 Å². The van der Waals surface area contributed by atoms with Crippen molar-refractivity contribution in [2.45, 2.75) is 33.1 Å². The van der Waals surface area contributed by atoms with E-state index in [9.17, 15) is 9.59 Å². The lowest BCUT2D eigenvalue weighted by atomic mass is 9.86. The fraction of sp³-hybridized carbons (Fsp3) is 0.300. The maximum absolute atomic E-state index is 12.0. The standard InChI is InChI=1S/C20H23NO4/c1-14(22)21-15-9-11-16(12-10-15)25-19(23)13-24-18-8-6-5-7-17(18)20(2,3)4/h5-12H,13H2,1-4H3,(H,21,22). The average molecular weight is 341 g/mol. The third-order valence-corrected chi connectivity index (χ3v) is 3.45. The number of amides is 1. The minimum Gasteiger partial charge on any atom is -0.482 e. The third kappa shape index (κ3) is 5.64. The van der Waals surface area contributed by atoms with Crippen LogP contribution in [-0.2, 0) is 15.0 Å². The van der Waals surface area contributed by atoms with Gasteiger partial charge in [-0.05, 0) is 41.3 Å². The van der Waals surface area contributed by atoms with Gasteiger partial charge in [0.15, 0.2) is 6.61 Å². The van der Waals surface area contributed by atoms with Gasteiger partial charge in [-0.25, -0.2) is 4.79 Å². The summed E-state index contributed by atoms with van der Waals surface area (Å²) in [5, 5.41) is 2.65. The molecular weight excluding hydrogens is 318 g/mol. The molecule has 132 valence electrons. The summed E-state index contributed by atoms with van der Waals surface area (Å²) in [7, 11) is 0. The topological polar surface area (TPSA) is 64.6 Å². The zero-order chi connectivity index (χ0) is 18.4. The molecule has 0 saturated carbocycles. The number of rotatable bonds is 5. The lowest BCUT2D eigenvalue weighted by Crippen LogP contribution is -2.20. The van der Waals surface area contributed by atoms with Crippen LogP contribution in [0.1, 0.15) is 33.3 Å². The van der Waals surface area contributed by atoms with Crippen molar-refractivity contribution in [3.8, 4) is 11.5 Å². The van der Waals surface area contributed by atoms with Crippen molar-refractivity contribution in [1.29, 1.82) is 0 Å². The van der Waals surface area contributed by atoms with E-state index < -0.39 is 5.97 Å². The minimum absolute atomic E-state index is 0.0833. The van der Waals surface area contributed by atoms with Crippen LogP contribution < -0.4 is 14.8 Å². The molecule has 0 aromatic heterocycles. The van der Waals surface area contributed by atoms with Crippen LogP contribution in [0, 0.1) is 0 Å². The van der Waals surface area contributed by atoms with Gasteiger partial charge >= 0.3 is 5.97 Å². The summed E-state index contributed by atoms with van der Waals surface area (Å²) in [4.78, 5) is 23.0. The second-order valence-electron chi connectivity index (χ2n) is 6.71. The normalized spacial score (nSPS) is 10.9. The van der Waals surface area contributed by atoms with Crippen LogP contribution in [0.5, 0.6) is 11.5 Å². The predicted molar refractivity (Wildman–Crippen MR) is 97.0 cm³/mol. The number of benzene rings is 2. The Morgan fingerprint density at radius 1 is 1.00 bits per heavy atom. The molecule has 0 fully saturated rings. The molecule has 0 atom stereocenters. The van der Waals surface area contributed by atoms with Crippen LogP contribution >= 0.6 is 0 Å². The second-order valence-corrected chi connectivity index (χ2v) is 6.71. The van der Waals surface area contributed by atoms with Crippen molar-refractivity contribution in [2.75, 3.05) is 11.9 Å². The van der Waals surface area contributed by atoms with Crippen molar-refractivity contribution >= 4 is 17.6 Å². The van der Waals surface area contributed by atoms with Gasteiger partial charge < -0.3 is 14.8 Å². The molecule has 1 amide bonds. The number of esters is 1. The van der Waals surface area contributed by atoms with Crippen LogP contribution in [-0.4, -0.2) is 18.5 Å². The molecule has 2 aromatic carbocycles. The van der Waals surface area contributed by atoms with Gasteiger partial charge in [0.2, 0.25) is 5.91 Å². The highest BCUT2D eigenvalue weighted by Crippen LogP contribution is 2.30. The van der Waals surface area contributed by atoms with Crippen molar-refractivity contribution < 1.29 is 19.1 Å². The Balaban J connectivity index is 1.94. The molecule has 0 heterocycles. The number of hydrogen-bond acceptors (Lipinski definition) is 4. The van der Waals surface area contributed by atoms with Crippen molar-refractivity contribution in [2.24, 2.45) is 0 Å². The molecule has 5 heteroatoms. The Labute approximate surface area is 148 Å². The first kappa shape index (κ1) is 18.5. The largest absolute Gasteiger partial charge is 0.482 e. The highest BCUT2D eigenvalue weighted by atomic mass is 16.6. The molecule has 2 rings (SSSR count). The Kier molecular flexibility index (Phi) is 5.80. The maximum Gasteiger partial charge on any atom is 0.349 e. The quantitative estimate of drug-likeness (QED) is 0.661. The Hall–Kier alpha value is -2.82. The van der Waals surface area contributed by atoms with Crippen molar-refractivity contribution in [3.05, 3.63) is 54.1 Å². The third-order valence-electron chi connectivity index (χ3n) is 3.45. The van der Waals surface area contributed by atoms with E-state index in [4.69, 9.17) is 9.47 Å². The zero-order valence-corrected chi connectivity index (χ0v) is 15.0. The Bertz CT molecular complexity index is 745. The van der Waals surface area contributed by atoms with Crippen LogP contribution in [0.15, 0.2) is 48.5 Å². The fourth-order valence-electron chi connectivity index (χ4n) is 2.32. The molecule has 0 unspecified atom stereocenters. The monoisotopic (exact) mass is 341 g/mol. The fourth-order valence-corrected chi connectivity index (χ4v) is 2.32. The minimum atomic E-state index is -0.490. The van der Waals surface area contributed by atoms with E-state index in [-0.39, 0.29) is 17.9 Å². The van der Waals surface area contributed by atoms with Gasteiger partial charge in [-0.2, -0.15) is 0 Å². The summed E-state index contributed by atoms with van der Waals surface area (Å²) in [5.74, 6) is 0.423. The highest BCUT2D eigenvalue weighted by molar-refractivity contribution is 5.88. The second kappa shape index (κ2) is 7.83. The number of nitrogens with one attached hydrogen (secondary N) is 1. The average Bonchev–Trinajstić information content (AvgIpc) is 2.54. The van der Waals surface area contributed by atoms with E-state index in [0.717, 1.165) is 5.56 Å². The van der Waals surface area contributed by atoms with E-state index >= 15 is 0 Å². The number of ether oxygens (including phenoxy) is 2. The number of anilines is 1. The van der Waals surface area contributed by atoms with Gasteiger partial charge in [0, 0.05) is 12.6 Å². The van der Waals surface area contributed by atoms with Crippen LogP contribution in [0.2, 0.25) is 0 Å². The molecule has 0 aliphatic rings. The maximum atomic E-state index is 12.0. The van der Waals surface area contributed by atoms with Crippen LogP contribution in [0.4, 0.5) is 5.69 Å². The summed E-state index contributed by atoms with van der Waals surface area (Å²) in [6, 6.07) is 14.2. The summed E-state index contributed by atoms with van der Waals surface area (Å²) < 4.78 is 10.9. The van der Waals surface area contributed by atoms with Gasteiger partial charge in [0.1, 0.15) is 11.5 Å². The lowest BCUT2D eigenvalue weighted by molar-refractivity contribution is -0.136. The Morgan fingerprint density at radius 3 is 2.24 bits per heavy atom. The number of para-hydroxylation sites is 1. The highest BCUT2D eigenvalue weighted by Gasteiger charge is 2.19. The van der Waals surface area contributed by atoms with Crippen LogP contribution in [0.25, 0.3) is 0 Å². The smallest absolute Gasteiger partial charge is 0.349 e. The van der Waals surface area contributed by atoms with Crippen molar-refractivity contribution in [3.63, 3.8) is 0 Å². The molecule has 0 spiro atoms. The van der Waals surface area contributed by atoms with Gasteiger partial charge in [-0.15, -0.1) is 0 Å². The summed E-state index contributed by atoms with van der Waals surface area (Å²) in [6.45, 7) is 7.51.